The van der Waals surface area contributed by atoms with Crippen LogP contribution in [-0.4, -0.2) is 34.4 Å². The average Bonchev–Trinajstić information content (AvgIpc) is 3.38. The zero-order valence-corrected chi connectivity index (χ0v) is 21.1. The molecule has 1 N–H and O–H groups in total. The molecule has 3 atom stereocenters. The molecule has 0 bridgehead atoms. The minimum Gasteiger partial charge on any atom is -0.489 e. The van der Waals surface area contributed by atoms with Gasteiger partial charge in [-0.3, -0.25) is 4.90 Å². The Morgan fingerprint density at radius 2 is 1.86 bits per heavy atom. The van der Waals surface area contributed by atoms with E-state index in [0.717, 1.165) is 62.9 Å². The van der Waals surface area contributed by atoms with Crippen LogP contribution in [0.15, 0.2) is 65.2 Å². The topological polar surface area (TPSA) is 58.7 Å². The van der Waals surface area contributed by atoms with Crippen molar-refractivity contribution in [3.63, 3.8) is 0 Å². The predicted molar refractivity (Wildman–Crippen MR) is 137 cm³/mol. The van der Waals surface area contributed by atoms with Crippen molar-refractivity contribution < 1.29 is 18.8 Å². The van der Waals surface area contributed by atoms with E-state index in [2.05, 4.69) is 17.0 Å². The third-order valence-electron chi connectivity index (χ3n) is 8.13. The first-order valence-electron chi connectivity index (χ1n) is 13.4. The number of hydrogen-bond donors (Lipinski definition) is 1. The highest BCUT2D eigenvalue weighted by molar-refractivity contribution is 5.33. The van der Waals surface area contributed by atoms with E-state index in [-0.39, 0.29) is 17.8 Å². The lowest BCUT2D eigenvalue weighted by molar-refractivity contribution is -0.00685. The number of aliphatic hydroxyl groups is 1. The highest BCUT2D eigenvalue weighted by Gasteiger charge is 2.43. The van der Waals surface area contributed by atoms with Gasteiger partial charge in [-0.15, -0.1) is 0 Å². The molecule has 5 nitrogen and oxygen atoms in total. The number of ether oxygens (including phenoxy) is 1. The smallest absolute Gasteiger partial charge is 0.151 e. The van der Waals surface area contributed by atoms with Crippen LogP contribution in [0.4, 0.5) is 4.39 Å². The Bertz CT molecular complexity index is 1110. The summed E-state index contributed by atoms with van der Waals surface area (Å²) in [5, 5.41) is 16.5. The lowest BCUT2D eigenvalue weighted by atomic mass is 9.71. The van der Waals surface area contributed by atoms with Crippen LogP contribution in [0.2, 0.25) is 0 Å². The van der Waals surface area contributed by atoms with Crippen molar-refractivity contribution >= 4 is 0 Å². The Morgan fingerprint density at radius 1 is 1.06 bits per heavy atom. The molecule has 0 radical (unpaired) electrons. The third-order valence-corrected chi connectivity index (χ3v) is 8.13. The average molecular weight is 493 g/mol. The van der Waals surface area contributed by atoms with Gasteiger partial charge in [-0.2, -0.15) is 0 Å². The monoisotopic (exact) mass is 492 g/mol. The van der Waals surface area contributed by atoms with Crippen LogP contribution >= 0.6 is 0 Å². The van der Waals surface area contributed by atoms with Gasteiger partial charge in [-0.1, -0.05) is 67.7 Å². The quantitative estimate of drug-likeness (QED) is 0.399. The third kappa shape index (κ3) is 5.35. The van der Waals surface area contributed by atoms with Gasteiger partial charge in [0.2, 0.25) is 0 Å². The first-order chi connectivity index (χ1) is 17.6. The molecule has 6 heteroatoms. The van der Waals surface area contributed by atoms with Crippen LogP contribution in [0.3, 0.4) is 0 Å². The molecule has 2 aliphatic rings. The predicted octanol–water partition coefficient (Wildman–Crippen LogP) is 6.31. The molecule has 0 spiro atoms. The molecule has 2 fully saturated rings. The number of benzene rings is 2. The van der Waals surface area contributed by atoms with Gasteiger partial charge in [0.05, 0.1) is 6.54 Å². The Morgan fingerprint density at radius 3 is 2.61 bits per heavy atom. The van der Waals surface area contributed by atoms with E-state index in [1.165, 1.54) is 18.6 Å². The zero-order valence-electron chi connectivity index (χ0n) is 21.1. The number of hydrogen-bond acceptors (Lipinski definition) is 5. The fourth-order valence-corrected chi connectivity index (χ4v) is 6.08. The second kappa shape index (κ2) is 11.1. The molecule has 1 aliphatic carbocycles. The van der Waals surface area contributed by atoms with Gasteiger partial charge in [0.15, 0.2) is 5.76 Å². The van der Waals surface area contributed by atoms with E-state index >= 15 is 0 Å². The molecule has 1 saturated carbocycles. The lowest BCUT2D eigenvalue weighted by Gasteiger charge is -2.38. The highest BCUT2D eigenvalue weighted by atomic mass is 19.1. The van der Waals surface area contributed by atoms with Crippen molar-refractivity contribution in [1.82, 2.24) is 10.1 Å². The fourth-order valence-electron chi connectivity index (χ4n) is 6.08. The van der Waals surface area contributed by atoms with E-state index in [4.69, 9.17) is 9.26 Å². The molecule has 5 rings (SSSR count). The number of halogens is 1. The standard InChI is InChI=1S/C30H37FN2O3/c1-2-22-16-17-33(21-28(22)35-26-15-9-14-25(31)18-26)20-27-19-29(32-36-27)30(34,23-10-5-3-6-11-23)24-12-7-4-8-13-24/h3,5-6,9-11,14-15,18-19,22,24,28,34H,2,4,7-8,12-13,16-17,20-21H2,1H3. The molecule has 0 amide bonds. The molecular formula is C30H37FN2O3. The number of nitrogens with zero attached hydrogens (tertiary/aromatic N) is 2. The summed E-state index contributed by atoms with van der Waals surface area (Å²) < 4.78 is 25.7. The molecule has 2 aromatic carbocycles. The van der Waals surface area contributed by atoms with Gasteiger partial charge in [0.1, 0.15) is 29.0 Å². The zero-order chi connectivity index (χ0) is 25.0. The van der Waals surface area contributed by atoms with Crippen LogP contribution < -0.4 is 4.74 Å². The molecule has 3 unspecified atom stereocenters. The van der Waals surface area contributed by atoms with Crippen molar-refractivity contribution in [2.75, 3.05) is 13.1 Å². The van der Waals surface area contributed by atoms with Gasteiger partial charge in [0, 0.05) is 18.7 Å². The minimum atomic E-state index is -1.15. The van der Waals surface area contributed by atoms with Crippen molar-refractivity contribution in [2.45, 2.75) is 70.1 Å². The molecular weight excluding hydrogens is 455 g/mol. The summed E-state index contributed by atoms with van der Waals surface area (Å²) in [5.74, 6) is 1.57. The Balaban J connectivity index is 1.32. The Hall–Kier alpha value is -2.70. The maximum Gasteiger partial charge on any atom is 0.151 e. The highest BCUT2D eigenvalue weighted by Crippen LogP contribution is 2.43. The Labute approximate surface area is 213 Å². The van der Waals surface area contributed by atoms with Crippen LogP contribution in [-0.2, 0) is 12.1 Å². The first-order valence-corrected chi connectivity index (χ1v) is 13.4. The summed E-state index contributed by atoms with van der Waals surface area (Å²) in [5.41, 5.74) is 0.331. The van der Waals surface area contributed by atoms with E-state index in [1.807, 2.05) is 42.5 Å². The summed E-state index contributed by atoms with van der Waals surface area (Å²) in [6, 6.07) is 18.2. The number of piperidine rings is 1. The van der Waals surface area contributed by atoms with Crippen LogP contribution in [0.5, 0.6) is 5.75 Å². The van der Waals surface area contributed by atoms with Crippen LogP contribution in [0, 0.1) is 17.7 Å². The molecule has 192 valence electrons. The van der Waals surface area contributed by atoms with Crippen LogP contribution in [0.25, 0.3) is 0 Å². The number of aromatic nitrogens is 1. The summed E-state index contributed by atoms with van der Waals surface area (Å²) in [7, 11) is 0. The maximum atomic E-state index is 13.7. The fraction of sp³-hybridized carbons (Fsp3) is 0.500. The minimum absolute atomic E-state index is 0.0172. The maximum absolute atomic E-state index is 13.7. The van der Waals surface area contributed by atoms with Gasteiger partial charge in [0.25, 0.3) is 0 Å². The Kier molecular flexibility index (Phi) is 7.73. The molecule has 3 aromatic rings. The molecule has 36 heavy (non-hydrogen) atoms. The molecule has 1 saturated heterocycles. The van der Waals surface area contributed by atoms with E-state index in [9.17, 15) is 9.50 Å². The van der Waals surface area contributed by atoms with Gasteiger partial charge >= 0.3 is 0 Å². The lowest BCUT2D eigenvalue weighted by Crippen LogP contribution is -2.46. The van der Waals surface area contributed by atoms with Crippen molar-refractivity contribution in [3.8, 4) is 5.75 Å². The van der Waals surface area contributed by atoms with Gasteiger partial charge in [-0.05, 0) is 61.8 Å². The summed E-state index contributed by atoms with van der Waals surface area (Å²) in [6.07, 6.45) is 7.45. The summed E-state index contributed by atoms with van der Waals surface area (Å²) in [6.45, 7) is 4.45. The van der Waals surface area contributed by atoms with Crippen molar-refractivity contribution in [3.05, 3.63) is 83.5 Å². The number of likely N-dealkylation sites (tertiary alicyclic amines) is 1. The van der Waals surface area contributed by atoms with Crippen LogP contribution in [0.1, 0.15) is 68.9 Å². The van der Waals surface area contributed by atoms with Gasteiger partial charge < -0.3 is 14.4 Å². The number of rotatable bonds is 8. The van der Waals surface area contributed by atoms with E-state index < -0.39 is 5.60 Å². The SMILES string of the molecule is CCC1CCN(Cc2cc(C(O)(c3ccccc3)C3CCCCC3)no2)CC1Oc1cccc(F)c1. The van der Waals surface area contributed by atoms with Crippen molar-refractivity contribution in [2.24, 2.45) is 11.8 Å². The van der Waals surface area contributed by atoms with E-state index in [1.54, 1.807) is 6.07 Å². The largest absolute Gasteiger partial charge is 0.489 e. The summed E-state index contributed by atoms with van der Waals surface area (Å²) >= 11 is 0. The first kappa shape index (κ1) is 25.0. The van der Waals surface area contributed by atoms with Crippen molar-refractivity contribution in [1.29, 1.82) is 0 Å². The second-order valence-electron chi connectivity index (χ2n) is 10.5. The molecule has 2 heterocycles. The second-order valence-corrected chi connectivity index (χ2v) is 10.5. The van der Waals surface area contributed by atoms with Gasteiger partial charge in [-0.25, -0.2) is 4.39 Å². The normalized spacial score (nSPS) is 23.3. The molecule has 1 aliphatic heterocycles. The molecule has 1 aromatic heterocycles. The summed E-state index contributed by atoms with van der Waals surface area (Å²) in [4.78, 5) is 2.31. The van der Waals surface area contributed by atoms with E-state index in [0.29, 0.717) is 23.9 Å².